The maximum absolute atomic E-state index is 4.52. The average molecular weight is 234 g/mol. The van der Waals surface area contributed by atoms with Crippen molar-refractivity contribution in [1.82, 2.24) is 14.9 Å². The Bertz CT molecular complexity index is 361. The summed E-state index contributed by atoms with van der Waals surface area (Å²) in [5, 5.41) is 0. The molecule has 0 spiro atoms. The lowest BCUT2D eigenvalue weighted by molar-refractivity contribution is 0.208. The van der Waals surface area contributed by atoms with Crippen LogP contribution in [-0.4, -0.2) is 47.1 Å². The minimum absolute atomic E-state index is 0.636. The molecule has 0 bridgehead atoms. The summed E-state index contributed by atoms with van der Waals surface area (Å²) in [6.45, 7) is 12.8. The molecule has 1 aliphatic heterocycles. The van der Waals surface area contributed by atoms with E-state index in [2.05, 4.69) is 33.6 Å². The molecule has 94 valence electrons. The molecule has 0 aliphatic carbocycles. The molecule has 1 aromatic rings. The molecule has 4 heteroatoms. The fourth-order valence-electron chi connectivity index (χ4n) is 2.29. The van der Waals surface area contributed by atoms with Gasteiger partial charge in [0.15, 0.2) is 0 Å². The normalized spacial score (nSPS) is 17.8. The van der Waals surface area contributed by atoms with Gasteiger partial charge in [-0.3, -0.25) is 4.90 Å². The van der Waals surface area contributed by atoms with Gasteiger partial charge in [0.1, 0.15) is 0 Å². The Morgan fingerprint density at radius 3 is 2.00 bits per heavy atom. The molecule has 0 unspecified atom stereocenters. The van der Waals surface area contributed by atoms with Gasteiger partial charge in [-0.15, -0.1) is 0 Å². The molecule has 2 rings (SSSR count). The third-order valence-electron chi connectivity index (χ3n) is 3.30. The molecule has 2 heterocycles. The summed E-state index contributed by atoms with van der Waals surface area (Å²) in [5.74, 6) is 0.894. The lowest BCUT2D eigenvalue weighted by Gasteiger charge is -2.37. The lowest BCUT2D eigenvalue weighted by Crippen LogP contribution is -2.49. The Hall–Kier alpha value is -1.16. The summed E-state index contributed by atoms with van der Waals surface area (Å²) in [7, 11) is 0. The van der Waals surface area contributed by atoms with E-state index in [1.165, 1.54) is 0 Å². The second-order valence-electron chi connectivity index (χ2n) is 5.07. The van der Waals surface area contributed by atoms with Crippen LogP contribution in [0.15, 0.2) is 6.07 Å². The lowest BCUT2D eigenvalue weighted by atomic mass is 10.2. The zero-order valence-corrected chi connectivity index (χ0v) is 11.3. The van der Waals surface area contributed by atoms with Gasteiger partial charge in [-0.2, -0.15) is 0 Å². The second kappa shape index (κ2) is 5.00. The van der Waals surface area contributed by atoms with Crippen molar-refractivity contribution >= 4 is 5.95 Å². The van der Waals surface area contributed by atoms with Gasteiger partial charge in [-0.05, 0) is 33.8 Å². The van der Waals surface area contributed by atoms with E-state index < -0.39 is 0 Å². The molecule has 0 radical (unpaired) electrons. The van der Waals surface area contributed by atoms with Crippen molar-refractivity contribution in [3.63, 3.8) is 0 Å². The number of nitrogens with zero attached hydrogens (tertiary/aromatic N) is 4. The van der Waals surface area contributed by atoms with E-state index in [0.29, 0.717) is 6.04 Å². The Kier molecular flexibility index (Phi) is 3.62. The van der Waals surface area contributed by atoms with Gasteiger partial charge in [0.05, 0.1) is 0 Å². The van der Waals surface area contributed by atoms with Crippen molar-refractivity contribution in [1.29, 1.82) is 0 Å². The molecule has 0 amide bonds. The summed E-state index contributed by atoms with van der Waals surface area (Å²) in [6.07, 6.45) is 0. The van der Waals surface area contributed by atoms with E-state index in [0.717, 1.165) is 43.5 Å². The molecular formula is C13H22N4. The number of hydrogen-bond donors (Lipinski definition) is 0. The molecule has 4 nitrogen and oxygen atoms in total. The summed E-state index contributed by atoms with van der Waals surface area (Å²) in [5.41, 5.74) is 2.11. The summed E-state index contributed by atoms with van der Waals surface area (Å²) >= 11 is 0. The molecule has 0 saturated carbocycles. The molecule has 1 saturated heterocycles. The van der Waals surface area contributed by atoms with Crippen LogP contribution >= 0.6 is 0 Å². The predicted octanol–water partition coefficient (Wildman–Crippen LogP) is 1.62. The maximum atomic E-state index is 4.52. The van der Waals surface area contributed by atoms with E-state index in [-0.39, 0.29) is 0 Å². The van der Waals surface area contributed by atoms with Gasteiger partial charge in [0.25, 0.3) is 0 Å². The highest BCUT2D eigenvalue weighted by atomic mass is 15.3. The molecule has 1 aromatic heterocycles. The molecule has 0 atom stereocenters. The Morgan fingerprint density at radius 1 is 1.00 bits per heavy atom. The zero-order chi connectivity index (χ0) is 12.4. The first-order valence-electron chi connectivity index (χ1n) is 6.37. The fourth-order valence-corrected chi connectivity index (χ4v) is 2.29. The third-order valence-corrected chi connectivity index (χ3v) is 3.30. The second-order valence-corrected chi connectivity index (χ2v) is 5.07. The molecular weight excluding hydrogens is 212 g/mol. The van der Waals surface area contributed by atoms with Crippen LogP contribution in [0.3, 0.4) is 0 Å². The van der Waals surface area contributed by atoms with Crippen LogP contribution in [0.25, 0.3) is 0 Å². The zero-order valence-electron chi connectivity index (χ0n) is 11.3. The summed E-state index contributed by atoms with van der Waals surface area (Å²) in [4.78, 5) is 13.8. The first-order valence-corrected chi connectivity index (χ1v) is 6.37. The van der Waals surface area contributed by atoms with Crippen LogP contribution in [0.5, 0.6) is 0 Å². The number of anilines is 1. The number of rotatable bonds is 2. The van der Waals surface area contributed by atoms with E-state index in [4.69, 9.17) is 0 Å². The predicted molar refractivity (Wildman–Crippen MR) is 70.4 cm³/mol. The van der Waals surface area contributed by atoms with Crippen LogP contribution in [0.2, 0.25) is 0 Å². The maximum Gasteiger partial charge on any atom is 0.225 e. The Morgan fingerprint density at radius 2 is 1.53 bits per heavy atom. The smallest absolute Gasteiger partial charge is 0.225 e. The fraction of sp³-hybridized carbons (Fsp3) is 0.692. The Labute approximate surface area is 104 Å². The first kappa shape index (κ1) is 12.3. The van der Waals surface area contributed by atoms with Crippen LogP contribution in [0.4, 0.5) is 5.95 Å². The van der Waals surface area contributed by atoms with Crippen molar-refractivity contribution in [2.75, 3.05) is 31.1 Å². The van der Waals surface area contributed by atoms with Gasteiger partial charge in [-0.25, -0.2) is 9.97 Å². The van der Waals surface area contributed by atoms with Gasteiger partial charge in [0.2, 0.25) is 5.95 Å². The largest absolute Gasteiger partial charge is 0.338 e. The number of aromatic nitrogens is 2. The molecule has 1 fully saturated rings. The highest BCUT2D eigenvalue weighted by Gasteiger charge is 2.20. The van der Waals surface area contributed by atoms with Crippen molar-refractivity contribution in [3.05, 3.63) is 17.5 Å². The van der Waals surface area contributed by atoms with Crippen LogP contribution in [-0.2, 0) is 0 Å². The topological polar surface area (TPSA) is 32.3 Å². The number of hydrogen-bond acceptors (Lipinski definition) is 4. The molecule has 0 N–H and O–H groups in total. The van der Waals surface area contributed by atoms with Crippen molar-refractivity contribution in [3.8, 4) is 0 Å². The highest BCUT2D eigenvalue weighted by molar-refractivity contribution is 5.32. The van der Waals surface area contributed by atoms with E-state index >= 15 is 0 Å². The first-order chi connectivity index (χ1) is 8.06. The van der Waals surface area contributed by atoms with Gasteiger partial charge >= 0.3 is 0 Å². The minimum Gasteiger partial charge on any atom is -0.338 e. The SMILES string of the molecule is Cc1cc(C)nc(N2CCN(C(C)C)CC2)n1. The van der Waals surface area contributed by atoms with E-state index in [9.17, 15) is 0 Å². The molecule has 17 heavy (non-hydrogen) atoms. The monoisotopic (exact) mass is 234 g/mol. The van der Waals surface area contributed by atoms with Crippen LogP contribution in [0, 0.1) is 13.8 Å². The Balaban J connectivity index is 2.05. The van der Waals surface area contributed by atoms with Gasteiger partial charge < -0.3 is 4.90 Å². The summed E-state index contributed by atoms with van der Waals surface area (Å²) < 4.78 is 0. The minimum atomic E-state index is 0.636. The average Bonchev–Trinajstić information content (AvgIpc) is 2.28. The molecule has 1 aliphatic rings. The van der Waals surface area contributed by atoms with Crippen LogP contribution in [0.1, 0.15) is 25.2 Å². The van der Waals surface area contributed by atoms with Crippen molar-refractivity contribution < 1.29 is 0 Å². The summed E-state index contributed by atoms with van der Waals surface area (Å²) in [6, 6.07) is 2.66. The highest BCUT2D eigenvalue weighted by Crippen LogP contribution is 2.13. The third kappa shape index (κ3) is 2.94. The van der Waals surface area contributed by atoms with Gasteiger partial charge in [-0.1, -0.05) is 0 Å². The number of piperazine rings is 1. The van der Waals surface area contributed by atoms with Crippen molar-refractivity contribution in [2.24, 2.45) is 0 Å². The molecule has 0 aromatic carbocycles. The standard InChI is InChI=1S/C13H22N4/c1-10(2)16-5-7-17(8-6-16)13-14-11(3)9-12(4)15-13/h9-10H,5-8H2,1-4H3. The van der Waals surface area contributed by atoms with Crippen molar-refractivity contribution in [2.45, 2.75) is 33.7 Å². The van der Waals surface area contributed by atoms with Gasteiger partial charge in [0, 0.05) is 43.6 Å². The van der Waals surface area contributed by atoms with E-state index in [1.54, 1.807) is 0 Å². The number of aryl methyl sites for hydroxylation is 2. The van der Waals surface area contributed by atoms with Crippen LogP contribution < -0.4 is 4.90 Å². The van der Waals surface area contributed by atoms with E-state index in [1.807, 2.05) is 19.9 Å². The quantitative estimate of drug-likeness (QED) is 0.778.